The van der Waals surface area contributed by atoms with Crippen molar-refractivity contribution < 1.29 is 14.7 Å². The molecule has 0 saturated heterocycles. The molecule has 2 N–H and O–H groups in total. The summed E-state index contributed by atoms with van der Waals surface area (Å²) in [4.78, 5) is 26.3. The molecule has 0 saturated carbocycles. The zero-order valence-corrected chi connectivity index (χ0v) is 12.0. The summed E-state index contributed by atoms with van der Waals surface area (Å²) in [6, 6.07) is 5.25. The van der Waals surface area contributed by atoms with Crippen LogP contribution in [0.15, 0.2) is 41.2 Å². The number of carboxylic acids is 1. The van der Waals surface area contributed by atoms with Crippen LogP contribution in [0.4, 0.5) is 0 Å². The molecular weight excluding hydrogens is 288 g/mol. The molecule has 5 nitrogen and oxygen atoms in total. The minimum Gasteiger partial charge on any atom is -0.478 e. The Morgan fingerprint density at radius 1 is 1.33 bits per heavy atom. The molecule has 0 aliphatic carbocycles. The Hall–Kier alpha value is -2.47. The van der Waals surface area contributed by atoms with Crippen LogP contribution in [0.25, 0.3) is 6.08 Å². The molecular formula is C15H14N2O3S. The van der Waals surface area contributed by atoms with Gasteiger partial charge < -0.3 is 10.4 Å². The molecule has 2 rings (SSSR count). The van der Waals surface area contributed by atoms with Crippen molar-refractivity contribution in [1.29, 1.82) is 0 Å². The van der Waals surface area contributed by atoms with Gasteiger partial charge in [0.05, 0.1) is 0 Å². The lowest BCUT2D eigenvalue weighted by Crippen LogP contribution is -2.26. The summed E-state index contributed by atoms with van der Waals surface area (Å²) >= 11 is 1.63. The van der Waals surface area contributed by atoms with E-state index >= 15 is 0 Å². The zero-order valence-electron chi connectivity index (χ0n) is 11.2. The first-order valence-corrected chi connectivity index (χ1v) is 7.26. The highest BCUT2D eigenvalue weighted by molar-refractivity contribution is 7.07. The predicted octanol–water partition coefficient (Wildman–Crippen LogP) is 2.21. The Morgan fingerprint density at radius 2 is 2.19 bits per heavy atom. The van der Waals surface area contributed by atoms with E-state index in [0.29, 0.717) is 17.8 Å². The van der Waals surface area contributed by atoms with Crippen molar-refractivity contribution in [3.63, 3.8) is 0 Å². The minimum absolute atomic E-state index is 0.237. The molecule has 0 aliphatic heterocycles. The fourth-order valence-electron chi connectivity index (χ4n) is 1.65. The van der Waals surface area contributed by atoms with Gasteiger partial charge in [-0.05, 0) is 46.5 Å². The first-order valence-electron chi connectivity index (χ1n) is 6.31. The Balaban J connectivity index is 1.86. The van der Waals surface area contributed by atoms with Gasteiger partial charge in [-0.15, -0.1) is 0 Å². The summed E-state index contributed by atoms with van der Waals surface area (Å²) in [6.07, 6.45) is 4.70. The molecule has 0 radical (unpaired) electrons. The summed E-state index contributed by atoms with van der Waals surface area (Å²) in [5.41, 5.74) is 2.14. The maximum absolute atomic E-state index is 11.9. The Bertz CT molecular complexity index is 633. The largest absolute Gasteiger partial charge is 0.478 e. The highest BCUT2D eigenvalue weighted by Gasteiger charge is 2.06. The standard InChI is InChI=1S/C15H14N2O3S/c18-14(19)4-2-11-1-3-13(17-9-11)15(20)16-7-5-12-6-8-21-10-12/h1-4,6,8-10H,5,7H2,(H,16,20)(H,18,19). The maximum atomic E-state index is 11.9. The number of nitrogens with zero attached hydrogens (tertiary/aromatic N) is 1. The number of hydrogen-bond donors (Lipinski definition) is 2. The van der Waals surface area contributed by atoms with E-state index in [2.05, 4.69) is 10.3 Å². The molecule has 0 fully saturated rings. The van der Waals surface area contributed by atoms with Crippen molar-refractivity contribution >= 4 is 29.3 Å². The van der Waals surface area contributed by atoms with Crippen LogP contribution >= 0.6 is 11.3 Å². The number of carbonyl (C=O) groups excluding carboxylic acids is 1. The van der Waals surface area contributed by atoms with E-state index in [9.17, 15) is 9.59 Å². The van der Waals surface area contributed by atoms with Crippen LogP contribution in [0.1, 0.15) is 21.6 Å². The number of hydrogen-bond acceptors (Lipinski definition) is 4. The molecule has 1 amide bonds. The second kappa shape index (κ2) is 7.35. The normalized spacial score (nSPS) is 10.7. The van der Waals surface area contributed by atoms with Crippen molar-refractivity contribution in [2.45, 2.75) is 6.42 Å². The molecule has 0 atom stereocenters. The lowest BCUT2D eigenvalue weighted by molar-refractivity contribution is -0.131. The molecule has 0 bridgehead atoms. The summed E-state index contributed by atoms with van der Waals surface area (Å²) in [6.45, 7) is 0.553. The van der Waals surface area contributed by atoms with Crippen molar-refractivity contribution in [2.24, 2.45) is 0 Å². The summed E-state index contributed by atoms with van der Waals surface area (Å²) in [5, 5.41) is 15.4. The molecule has 21 heavy (non-hydrogen) atoms. The molecule has 2 aromatic rings. The second-order valence-electron chi connectivity index (χ2n) is 4.29. The van der Waals surface area contributed by atoms with E-state index in [0.717, 1.165) is 12.5 Å². The SMILES string of the molecule is O=C(O)C=Cc1ccc(C(=O)NCCc2ccsc2)nc1. The van der Waals surface area contributed by atoms with Crippen molar-refractivity contribution in [2.75, 3.05) is 6.54 Å². The number of pyridine rings is 1. The molecule has 0 spiro atoms. The first-order chi connectivity index (χ1) is 10.1. The van der Waals surface area contributed by atoms with Crippen LogP contribution in [-0.4, -0.2) is 28.5 Å². The van der Waals surface area contributed by atoms with Gasteiger partial charge in [0.25, 0.3) is 5.91 Å². The van der Waals surface area contributed by atoms with Gasteiger partial charge in [0, 0.05) is 18.8 Å². The van der Waals surface area contributed by atoms with E-state index in [-0.39, 0.29) is 5.91 Å². The summed E-state index contributed by atoms with van der Waals surface area (Å²) in [5.74, 6) is -1.26. The number of carboxylic acid groups (broad SMARTS) is 1. The molecule has 0 aliphatic rings. The van der Waals surface area contributed by atoms with Crippen LogP contribution in [0.3, 0.4) is 0 Å². The highest BCUT2D eigenvalue weighted by atomic mass is 32.1. The number of nitrogens with one attached hydrogen (secondary N) is 1. The van der Waals surface area contributed by atoms with Crippen LogP contribution in [0, 0.1) is 0 Å². The number of thiophene rings is 1. The number of rotatable bonds is 6. The zero-order chi connectivity index (χ0) is 15.1. The van der Waals surface area contributed by atoms with Crippen LogP contribution < -0.4 is 5.32 Å². The summed E-state index contributed by atoms with van der Waals surface area (Å²) in [7, 11) is 0. The molecule has 2 heterocycles. The average molecular weight is 302 g/mol. The average Bonchev–Trinajstić information content (AvgIpc) is 2.99. The van der Waals surface area contributed by atoms with Gasteiger partial charge >= 0.3 is 5.97 Å². The van der Waals surface area contributed by atoms with Gasteiger partial charge in [-0.25, -0.2) is 4.79 Å². The maximum Gasteiger partial charge on any atom is 0.328 e. The quantitative estimate of drug-likeness (QED) is 0.802. The topological polar surface area (TPSA) is 79.3 Å². The molecule has 108 valence electrons. The Morgan fingerprint density at radius 3 is 2.81 bits per heavy atom. The monoisotopic (exact) mass is 302 g/mol. The number of carbonyl (C=O) groups is 2. The molecule has 0 unspecified atom stereocenters. The van der Waals surface area contributed by atoms with Gasteiger partial charge in [0.1, 0.15) is 5.69 Å². The lowest BCUT2D eigenvalue weighted by Gasteiger charge is -2.04. The van der Waals surface area contributed by atoms with Gasteiger partial charge in [-0.1, -0.05) is 6.07 Å². The third-order valence-corrected chi connectivity index (χ3v) is 3.45. The fraction of sp³-hybridized carbons (Fsp3) is 0.133. The van der Waals surface area contributed by atoms with Crippen molar-refractivity contribution in [1.82, 2.24) is 10.3 Å². The van der Waals surface area contributed by atoms with Gasteiger partial charge in [-0.2, -0.15) is 11.3 Å². The van der Waals surface area contributed by atoms with E-state index in [1.807, 2.05) is 16.8 Å². The van der Waals surface area contributed by atoms with Crippen LogP contribution in [0.5, 0.6) is 0 Å². The van der Waals surface area contributed by atoms with Crippen molar-refractivity contribution in [3.8, 4) is 0 Å². The lowest BCUT2D eigenvalue weighted by atomic mass is 10.2. The highest BCUT2D eigenvalue weighted by Crippen LogP contribution is 2.06. The van der Waals surface area contributed by atoms with Gasteiger partial charge in [-0.3, -0.25) is 9.78 Å². The second-order valence-corrected chi connectivity index (χ2v) is 5.07. The minimum atomic E-state index is -1.02. The van der Waals surface area contributed by atoms with Gasteiger partial charge in [0.15, 0.2) is 0 Å². The van der Waals surface area contributed by atoms with E-state index in [1.54, 1.807) is 23.5 Å². The Labute approximate surface area is 126 Å². The first kappa shape index (κ1) is 14.9. The van der Waals surface area contributed by atoms with Crippen LogP contribution in [0.2, 0.25) is 0 Å². The third kappa shape index (κ3) is 4.85. The van der Waals surface area contributed by atoms with Gasteiger partial charge in [0.2, 0.25) is 0 Å². The number of aromatic nitrogens is 1. The van der Waals surface area contributed by atoms with E-state index in [1.165, 1.54) is 17.8 Å². The summed E-state index contributed by atoms with van der Waals surface area (Å²) < 4.78 is 0. The van der Waals surface area contributed by atoms with E-state index in [4.69, 9.17) is 5.11 Å². The predicted molar refractivity (Wildman–Crippen MR) is 81.3 cm³/mol. The fourth-order valence-corrected chi connectivity index (χ4v) is 2.35. The molecule has 6 heteroatoms. The molecule has 2 aromatic heterocycles. The number of aliphatic carboxylic acids is 1. The van der Waals surface area contributed by atoms with E-state index < -0.39 is 5.97 Å². The smallest absolute Gasteiger partial charge is 0.328 e. The Kier molecular flexibility index (Phi) is 5.22. The van der Waals surface area contributed by atoms with Crippen LogP contribution in [-0.2, 0) is 11.2 Å². The molecule has 0 aromatic carbocycles. The third-order valence-electron chi connectivity index (χ3n) is 2.72. The van der Waals surface area contributed by atoms with Crippen molar-refractivity contribution in [3.05, 3.63) is 58.1 Å². The number of amides is 1.